The van der Waals surface area contributed by atoms with E-state index < -0.39 is 23.4 Å². The number of Topliss-reactive ketones (excluding diaryl/α,β-unsaturated/α-hetero) is 3. The third kappa shape index (κ3) is 3.39. The maximum atomic E-state index is 14.8. The Morgan fingerprint density at radius 1 is 0.927 bits per heavy atom. The second-order valence-corrected chi connectivity index (χ2v) is 11.7. The van der Waals surface area contributed by atoms with Crippen LogP contribution in [0.1, 0.15) is 47.4 Å². The Labute approximate surface area is 245 Å². The maximum Gasteiger partial charge on any atom is 0.195 e. The first kappa shape index (κ1) is 25.7. The van der Waals surface area contributed by atoms with E-state index in [9.17, 15) is 14.4 Å². The summed E-state index contributed by atoms with van der Waals surface area (Å²) in [5.74, 6) is -0.834. The van der Waals surface area contributed by atoms with Gasteiger partial charge in [0.2, 0.25) is 0 Å². The van der Waals surface area contributed by atoms with Crippen LogP contribution in [-0.4, -0.2) is 43.7 Å². The predicted octanol–water partition coefficient (Wildman–Crippen LogP) is 6.74. The molecule has 1 spiro atoms. The number of methoxy groups -OCH3 is 2. The number of para-hydroxylation sites is 1. The van der Waals surface area contributed by atoms with Crippen molar-refractivity contribution in [3.05, 3.63) is 116 Å². The zero-order valence-corrected chi connectivity index (χ0v) is 23.7. The summed E-state index contributed by atoms with van der Waals surface area (Å²) in [5, 5.41) is 2.40. The summed E-state index contributed by atoms with van der Waals surface area (Å²) < 4.78 is 11.5. The minimum Gasteiger partial charge on any atom is -0.493 e. The highest BCUT2D eigenvalue weighted by atomic mass is 35.5. The quantitative estimate of drug-likeness (QED) is 0.192. The fourth-order valence-electron chi connectivity index (χ4n) is 7.01. The van der Waals surface area contributed by atoms with Gasteiger partial charge >= 0.3 is 0 Å². The van der Waals surface area contributed by atoms with Gasteiger partial charge in [-0.15, -0.1) is 11.3 Å². The molecular weight excluding hydrogens is 558 g/mol. The first-order valence-corrected chi connectivity index (χ1v) is 14.4. The summed E-state index contributed by atoms with van der Waals surface area (Å²) in [6, 6.07) is 19.7. The van der Waals surface area contributed by atoms with Crippen molar-refractivity contribution in [1.82, 2.24) is 0 Å². The Morgan fingerprint density at radius 3 is 2.34 bits per heavy atom. The van der Waals surface area contributed by atoms with Crippen LogP contribution in [0.5, 0.6) is 11.5 Å². The predicted molar refractivity (Wildman–Crippen MR) is 159 cm³/mol. The van der Waals surface area contributed by atoms with Crippen LogP contribution in [0, 0.1) is 5.41 Å². The number of rotatable bonds is 5. The molecule has 3 aliphatic rings. The Hall–Kier alpha value is -4.20. The molecule has 0 N–H and O–H groups in total. The van der Waals surface area contributed by atoms with Crippen LogP contribution < -0.4 is 14.4 Å². The fourth-order valence-corrected chi connectivity index (χ4v) is 7.89. The number of ketones is 3. The number of hydrogen-bond acceptors (Lipinski definition) is 7. The molecule has 1 aliphatic carbocycles. The first-order valence-electron chi connectivity index (χ1n) is 13.2. The summed E-state index contributed by atoms with van der Waals surface area (Å²) in [6.07, 6.45) is 3.77. The maximum absolute atomic E-state index is 14.8. The fraction of sp³-hybridized carbons (Fsp3) is 0.182. The SMILES string of the molecule is COc1cccc([C@@H]2[C@H](C(=O)c3cccs3)N3c4ccc(Cl)cc4C=C[C@H]3C23C(=O)c2ccccc2C3=O)c1OC. The van der Waals surface area contributed by atoms with Gasteiger partial charge in [-0.3, -0.25) is 14.4 Å². The number of anilines is 1. The molecule has 3 atom stereocenters. The third-order valence-corrected chi connectivity index (χ3v) is 9.69. The Morgan fingerprint density at radius 2 is 1.68 bits per heavy atom. The summed E-state index contributed by atoms with van der Waals surface area (Å²) in [5.41, 5.74) is 1.20. The molecule has 1 fully saturated rings. The second-order valence-electron chi connectivity index (χ2n) is 10.3. The van der Waals surface area contributed by atoms with Crippen molar-refractivity contribution in [2.24, 2.45) is 5.41 Å². The number of halogens is 1. The molecule has 1 saturated heterocycles. The molecule has 8 heteroatoms. The second kappa shape index (κ2) is 9.43. The van der Waals surface area contributed by atoms with Gasteiger partial charge in [0.25, 0.3) is 0 Å². The molecule has 1 aromatic heterocycles. The number of hydrogen-bond donors (Lipinski definition) is 0. The van der Waals surface area contributed by atoms with Gasteiger partial charge in [0.1, 0.15) is 11.5 Å². The minimum atomic E-state index is -1.63. The zero-order valence-electron chi connectivity index (χ0n) is 22.2. The first-order chi connectivity index (χ1) is 19.9. The molecule has 3 aromatic carbocycles. The Bertz CT molecular complexity index is 1740. The Kier molecular flexibility index (Phi) is 5.92. The van der Waals surface area contributed by atoms with Gasteiger partial charge in [-0.2, -0.15) is 0 Å². The number of carbonyl (C=O) groups is 3. The molecule has 6 nitrogen and oxygen atoms in total. The average Bonchev–Trinajstić information content (AvgIpc) is 3.70. The highest BCUT2D eigenvalue weighted by Crippen LogP contribution is 2.62. The number of ether oxygens (including phenoxy) is 2. The van der Waals surface area contributed by atoms with E-state index in [4.69, 9.17) is 21.1 Å². The van der Waals surface area contributed by atoms with E-state index in [1.807, 2.05) is 46.7 Å². The van der Waals surface area contributed by atoms with Crippen molar-refractivity contribution < 1.29 is 23.9 Å². The van der Waals surface area contributed by atoms with Crippen LogP contribution in [-0.2, 0) is 0 Å². The number of carbonyl (C=O) groups excluding carboxylic acids is 3. The van der Waals surface area contributed by atoms with Crippen LogP contribution in [0.15, 0.2) is 84.3 Å². The average molecular weight is 582 g/mol. The number of thiophene rings is 1. The lowest BCUT2D eigenvalue weighted by Gasteiger charge is -2.37. The number of nitrogens with zero attached hydrogens (tertiary/aromatic N) is 1. The molecule has 3 heterocycles. The van der Waals surface area contributed by atoms with E-state index in [1.165, 1.54) is 25.6 Å². The van der Waals surface area contributed by atoms with Crippen molar-refractivity contribution >= 4 is 52.1 Å². The van der Waals surface area contributed by atoms with Crippen molar-refractivity contribution in [3.63, 3.8) is 0 Å². The van der Waals surface area contributed by atoms with Crippen molar-refractivity contribution in [2.45, 2.75) is 18.0 Å². The molecule has 0 radical (unpaired) electrons. The Balaban J connectivity index is 1.59. The van der Waals surface area contributed by atoms with Crippen LogP contribution in [0.4, 0.5) is 5.69 Å². The lowest BCUT2D eigenvalue weighted by Crippen LogP contribution is -2.48. The molecule has 204 valence electrons. The van der Waals surface area contributed by atoms with Gasteiger partial charge in [0.15, 0.2) is 28.8 Å². The van der Waals surface area contributed by atoms with Crippen LogP contribution in [0.2, 0.25) is 5.02 Å². The summed E-state index contributed by atoms with van der Waals surface area (Å²) in [6.45, 7) is 0. The van der Waals surface area contributed by atoms with Crippen molar-refractivity contribution in [3.8, 4) is 11.5 Å². The smallest absolute Gasteiger partial charge is 0.195 e. The highest BCUT2D eigenvalue weighted by Gasteiger charge is 2.72. The molecule has 0 unspecified atom stereocenters. The van der Waals surface area contributed by atoms with Gasteiger partial charge < -0.3 is 14.4 Å². The van der Waals surface area contributed by atoms with E-state index >= 15 is 0 Å². The van der Waals surface area contributed by atoms with Crippen LogP contribution in [0.25, 0.3) is 6.08 Å². The van der Waals surface area contributed by atoms with E-state index in [1.54, 1.807) is 48.5 Å². The lowest BCUT2D eigenvalue weighted by molar-refractivity contribution is 0.0664. The van der Waals surface area contributed by atoms with Gasteiger partial charge in [-0.1, -0.05) is 66.2 Å². The van der Waals surface area contributed by atoms with E-state index in [0.717, 1.165) is 11.3 Å². The zero-order chi connectivity index (χ0) is 28.5. The van der Waals surface area contributed by atoms with Crippen molar-refractivity contribution in [2.75, 3.05) is 19.1 Å². The van der Waals surface area contributed by atoms with Gasteiger partial charge in [0.05, 0.1) is 25.1 Å². The third-order valence-electron chi connectivity index (χ3n) is 8.57. The largest absolute Gasteiger partial charge is 0.493 e. The minimum absolute atomic E-state index is 0.176. The van der Waals surface area contributed by atoms with Crippen LogP contribution >= 0.6 is 22.9 Å². The summed E-state index contributed by atoms with van der Waals surface area (Å²) in [4.78, 5) is 46.6. The molecule has 2 aliphatic heterocycles. The topological polar surface area (TPSA) is 72.9 Å². The van der Waals surface area contributed by atoms with Gasteiger partial charge in [-0.05, 0) is 41.3 Å². The molecule has 7 rings (SSSR count). The number of fused-ring (bicyclic) bond motifs is 5. The van der Waals surface area contributed by atoms with Crippen molar-refractivity contribution in [1.29, 1.82) is 0 Å². The summed E-state index contributed by atoms with van der Waals surface area (Å²) >= 11 is 7.70. The molecular formula is C33H24ClNO5S. The molecule has 0 saturated carbocycles. The molecule has 41 heavy (non-hydrogen) atoms. The van der Waals surface area contributed by atoms with Gasteiger partial charge in [-0.25, -0.2) is 0 Å². The highest BCUT2D eigenvalue weighted by molar-refractivity contribution is 7.12. The lowest BCUT2D eigenvalue weighted by atomic mass is 9.64. The number of benzene rings is 3. The normalized spacial score (nSPS) is 21.5. The van der Waals surface area contributed by atoms with E-state index in [-0.39, 0.29) is 17.3 Å². The standard InChI is InChI=1S/C33H24ClNO5S/c1-39-24-10-5-9-22(30(24)40-2)27-28(29(36)25-11-6-16-41-25)35-23-14-13-19(34)17-18(23)12-15-26(35)33(27)31(37)20-7-3-4-8-21(20)32(33)38/h3-17,26-28H,1-2H3/t26-,27+,28+/m0/s1. The molecule has 0 amide bonds. The summed E-state index contributed by atoms with van der Waals surface area (Å²) in [7, 11) is 3.06. The van der Waals surface area contributed by atoms with E-state index in [0.29, 0.717) is 38.1 Å². The van der Waals surface area contributed by atoms with Crippen LogP contribution in [0.3, 0.4) is 0 Å². The van der Waals surface area contributed by atoms with Gasteiger partial charge in [0, 0.05) is 33.3 Å². The van der Waals surface area contributed by atoms with E-state index in [2.05, 4.69) is 0 Å². The molecule has 0 bridgehead atoms. The monoisotopic (exact) mass is 581 g/mol. The molecule has 4 aromatic rings.